The number of ether oxygens (including phenoxy) is 8. The van der Waals surface area contributed by atoms with E-state index < -0.39 is 107 Å². The highest BCUT2D eigenvalue weighted by atomic mass is 16.7. The van der Waals surface area contributed by atoms with Crippen LogP contribution in [0.2, 0.25) is 0 Å². The maximum Gasteiger partial charge on any atom is 0.410 e. The van der Waals surface area contributed by atoms with Crippen LogP contribution in [-0.4, -0.2) is 110 Å². The molecule has 0 aromatic heterocycles. The molecule has 0 unspecified atom stereocenters. The molecule has 1 amide bonds. The number of hydrogen-bond acceptors (Lipinski definition) is 14. The predicted octanol–water partition coefficient (Wildman–Crippen LogP) is 7.31. The van der Waals surface area contributed by atoms with Gasteiger partial charge in [0.2, 0.25) is 0 Å². The molecule has 64 heavy (non-hydrogen) atoms. The Morgan fingerprint density at radius 3 is 1.62 bits per heavy atom. The molecule has 2 aliphatic heterocycles. The number of esters is 5. The molecule has 2 heterocycles. The number of nitrogens with zero attached hydrogens (tertiary/aromatic N) is 1. The number of fused-ring (bicyclic) bond motifs is 3. The molecule has 15 nitrogen and oxygen atoms in total. The van der Waals surface area contributed by atoms with Crippen molar-refractivity contribution in [1.29, 1.82) is 0 Å². The van der Waals surface area contributed by atoms with Crippen LogP contribution in [0.3, 0.4) is 0 Å². The van der Waals surface area contributed by atoms with E-state index >= 15 is 0 Å². The van der Waals surface area contributed by atoms with Crippen molar-refractivity contribution in [2.24, 2.45) is 21.7 Å². The van der Waals surface area contributed by atoms with Gasteiger partial charge in [0.1, 0.15) is 32.0 Å². The van der Waals surface area contributed by atoms with Crippen LogP contribution in [0.4, 0.5) is 4.79 Å². The highest BCUT2D eigenvalue weighted by molar-refractivity contribution is 5.83. The van der Waals surface area contributed by atoms with Gasteiger partial charge in [-0.2, -0.15) is 0 Å². The van der Waals surface area contributed by atoms with Crippen LogP contribution >= 0.6 is 0 Å². The van der Waals surface area contributed by atoms with Gasteiger partial charge in [0.05, 0.1) is 34.3 Å². The lowest BCUT2D eigenvalue weighted by atomic mass is 9.93. The predicted molar refractivity (Wildman–Crippen MR) is 233 cm³/mol. The van der Waals surface area contributed by atoms with Crippen LogP contribution in [0, 0.1) is 21.7 Å². The van der Waals surface area contributed by atoms with Crippen molar-refractivity contribution in [1.82, 2.24) is 4.90 Å². The van der Waals surface area contributed by atoms with E-state index in [2.05, 4.69) is 6.58 Å². The fourth-order valence-electron chi connectivity index (χ4n) is 7.22. The van der Waals surface area contributed by atoms with Crippen molar-refractivity contribution < 1.29 is 66.7 Å². The van der Waals surface area contributed by atoms with Gasteiger partial charge in [-0.15, -0.1) is 0 Å². The van der Waals surface area contributed by atoms with E-state index in [1.165, 1.54) is 11.0 Å². The lowest BCUT2D eigenvalue weighted by Crippen LogP contribution is -2.64. The highest BCUT2D eigenvalue weighted by Gasteiger charge is 2.56. The molecule has 15 heteroatoms. The first-order valence-corrected chi connectivity index (χ1v) is 21.7. The number of benzene rings is 2. The Balaban J connectivity index is 1.51. The van der Waals surface area contributed by atoms with Gasteiger partial charge >= 0.3 is 35.9 Å². The van der Waals surface area contributed by atoms with Crippen LogP contribution in [0.5, 0.6) is 0 Å². The second-order valence-electron chi connectivity index (χ2n) is 20.6. The fraction of sp³-hybridized carbons (Fsp3) is 0.592. The van der Waals surface area contributed by atoms with Crippen molar-refractivity contribution in [3.8, 4) is 11.1 Å². The molecule has 0 saturated carbocycles. The Morgan fingerprint density at radius 1 is 0.641 bits per heavy atom. The van der Waals surface area contributed by atoms with Gasteiger partial charge in [-0.25, -0.2) is 9.59 Å². The summed E-state index contributed by atoms with van der Waals surface area (Å²) in [5.41, 5.74) is -0.0823. The van der Waals surface area contributed by atoms with E-state index in [-0.39, 0.29) is 32.1 Å². The third kappa shape index (κ3) is 11.7. The molecule has 7 atom stereocenters. The molecule has 0 spiro atoms. The Labute approximate surface area is 376 Å². The Kier molecular flexibility index (Phi) is 15.1. The monoisotopic (exact) mass is 891 g/mol. The molecule has 0 bridgehead atoms. The minimum Gasteiger partial charge on any atom is -0.462 e. The SMILES string of the molecule is C=CCOC(=O)[C@@H]1C[C@@H](O[C@@H]2O[C@H](COC(=O)C(C)(C)C)[C@H](OC(=O)C(C)(C)C)[C@H](OC(=O)C(C)(C)C)[C@H]2OC(=O)C(C)(C)C)CN1C(=O)OCC1c2ccccc2-c2ccccc21. The van der Waals surface area contributed by atoms with Gasteiger partial charge in [-0.3, -0.25) is 24.1 Å². The van der Waals surface area contributed by atoms with Gasteiger partial charge in [0, 0.05) is 12.3 Å². The maximum atomic E-state index is 14.1. The number of likely N-dealkylation sites (tertiary alicyclic amines) is 1. The quantitative estimate of drug-likeness (QED) is 0.118. The zero-order chi connectivity index (χ0) is 47.5. The van der Waals surface area contributed by atoms with Crippen molar-refractivity contribution in [3.63, 3.8) is 0 Å². The first-order chi connectivity index (χ1) is 29.7. The molecule has 0 N–H and O–H groups in total. The second kappa shape index (κ2) is 19.4. The van der Waals surface area contributed by atoms with Gasteiger partial charge in [-0.1, -0.05) is 61.2 Å². The zero-order valence-corrected chi connectivity index (χ0v) is 39.2. The summed E-state index contributed by atoms with van der Waals surface area (Å²) in [6.45, 7) is 22.4. The van der Waals surface area contributed by atoms with Crippen LogP contribution in [0.1, 0.15) is 107 Å². The number of hydrogen-bond donors (Lipinski definition) is 0. The topological polar surface area (TPSA) is 180 Å². The molecular weight excluding hydrogens is 827 g/mol. The summed E-state index contributed by atoms with van der Waals surface area (Å²) in [5, 5.41) is 0. The Morgan fingerprint density at radius 2 is 1.12 bits per heavy atom. The summed E-state index contributed by atoms with van der Waals surface area (Å²) >= 11 is 0. The van der Waals surface area contributed by atoms with E-state index in [9.17, 15) is 28.8 Å². The summed E-state index contributed by atoms with van der Waals surface area (Å²) in [6.07, 6.45) is -8.06. The number of amides is 1. The largest absolute Gasteiger partial charge is 0.462 e. The third-order valence-electron chi connectivity index (χ3n) is 10.9. The molecule has 2 saturated heterocycles. The fourth-order valence-corrected chi connectivity index (χ4v) is 7.22. The van der Waals surface area contributed by atoms with Crippen molar-refractivity contribution in [2.45, 2.75) is 138 Å². The summed E-state index contributed by atoms with van der Waals surface area (Å²) in [4.78, 5) is 83.2. The molecule has 3 aliphatic rings. The number of carbonyl (C=O) groups is 6. The molecule has 0 radical (unpaired) electrons. The number of rotatable bonds is 12. The van der Waals surface area contributed by atoms with Crippen LogP contribution in [0.25, 0.3) is 11.1 Å². The summed E-state index contributed by atoms with van der Waals surface area (Å²) in [6, 6.07) is 14.6. The third-order valence-corrected chi connectivity index (χ3v) is 10.9. The minimum atomic E-state index is -1.59. The standard InChI is InChI=1S/C49H65NO14/c1-14-23-57-39(51)34-24-28(25-50(34)45(56)59-26-33-31-21-17-15-19-29(31)30-20-16-18-22-32(30)33)60-40-38(64-44(55)49(11,12)13)37(63-43(54)48(8,9)10)36(62-42(53)47(5,6)7)35(61-40)27-58-41(52)46(2,3)4/h14-22,28,33-38,40H,1,23-27H2,2-13H3/t28-,34+,35-,36+,37+,38-,40-/m1/s1. The van der Waals surface area contributed by atoms with Crippen LogP contribution < -0.4 is 0 Å². The number of carbonyl (C=O) groups excluding carboxylic acids is 6. The average molecular weight is 892 g/mol. The minimum absolute atomic E-state index is 0.0235. The normalized spacial score (nSPS) is 23.6. The van der Waals surface area contributed by atoms with Gasteiger partial charge in [0.15, 0.2) is 24.6 Å². The van der Waals surface area contributed by atoms with Gasteiger partial charge in [-0.05, 0) is 105 Å². The maximum absolute atomic E-state index is 14.1. The summed E-state index contributed by atoms with van der Waals surface area (Å²) in [7, 11) is 0. The lowest BCUT2D eigenvalue weighted by Gasteiger charge is -2.46. The van der Waals surface area contributed by atoms with E-state index in [0.29, 0.717) is 0 Å². The molecule has 5 rings (SSSR count). The lowest BCUT2D eigenvalue weighted by molar-refractivity contribution is -0.319. The Hall–Kier alpha value is -5.28. The molecule has 2 fully saturated rings. The summed E-state index contributed by atoms with van der Waals surface area (Å²) < 4.78 is 48.5. The van der Waals surface area contributed by atoms with Crippen LogP contribution in [-0.2, 0) is 61.9 Å². The van der Waals surface area contributed by atoms with E-state index in [0.717, 1.165) is 22.3 Å². The van der Waals surface area contributed by atoms with E-state index in [4.69, 9.17) is 37.9 Å². The first-order valence-electron chi connectivity index (χ1n) is 21.7. The van der Waals surface area contributed by atoms with Gasteiger partial charge < -0.3 is 37.9 Å². The molecule has 350 valence electrons. The summed E-state index contributed by atoms with van der Waals surface area (Å²) in [5.74, 6) is -3.77. The smallest absolute Gasteiger partial charge is 0.410 e. The molecule has 2 aromatic rings. The van der Waals surface area contributed by atoms with Crippen molar-refractivity contribution in [2.75, 3.05) is 26.4 Å². The van der Waals surface area contributed by atoms with E-state index in [1.807, 2.05) is 48.5 Å². The van der Waals surface area contributed by atoms with E-state index in [1.54, 1.807) is 83.1 Å². The Bertz CT molecular complexity index is 2020. The molecule has 1 aliphatic carbocycles. The highest BCUT2D eigenvalue weighted by Crippen LogP contribution is 2.45. The first kappa shape index (κ1) is 49.7. The van der Waals surface area contributed by atoms with Crippen molar-refractivity contribution in [3.05, 3.63) is 72.3 Å². The zero-order valence-electron chi connectivity index (χ0n) is 39.2. The van der Waals surface area contributed by atoms with Crippen molar-refractivity contribution >= 4 is 35.9 Å². The second-order valence-corrected chi connectivity index (χ2v) is 20.6. The average Bonchev–Trinajstić information content (AvgIpc) is 3.77. The van der Waals surface area contributed by atoms with Gasteiger partial charge in [0.25, 0.3) is 0 Å². The molecular formula is C49H65NO14. The van der Waals surface area contributed by atoms with Crippen LogP contribution in [0.15, 0.2) is 61.2 Å². The molecule has 2 aromatic carbocycles.